The number of carbonyl (C=O) groups is 1. The molecule has 108 valence electrons. The van der Waals surface area contributed by atoms with Gasteiger partial charge in [0.25, 0.3) is 0 Å². The normalized spacial score (nSPS) is 29.4. The summed E-state index contributed by atoms with van der Waals surface area (Å²) < 4.78 is 0. The van der Waals surface area contributed by atoms with E-state index in [0.29, 0.717) is 18.4 Å². The Hall–Kier alpha value is -1.35. The quantitative estimate of drug-likeness (QED) is 0.862. The predicted octanol–water partition coefficient (Wildman–Crippen LogP) is 2.11. The standard InChI is InChI=1S/C17H24N2O/c18-11-13(10-12-6-2-1-3-7-12)19-17(20)16-14-8-4-5-9-15(14)16/h1-3,6-7,13-16H,4-5,8-11,18H2,(H,19,20). The van der Waals surface area contributed by atoms with Crippen LogP contribution in [0.25, 0.3) is 0 Å². The van der Waals surface area contributed by atoms with Crippen LogP contribution in [0.4, 0.5) is 0 Å². The van der Waals surface area contributed by atoms with Crippen molar-refractivity contribution < 1.29 is 4.79 Å². The van der Waals surface area contributed by atoms with Gasteiger partial charge in [0.05, 0.1) is 0 Å². The Kier molecular flexibility index (Phi) is 4.06. The lowest BCUT2D eigenvalue weighted by molar-refractivity contribution is -0.123. The largest absolute Gasteiger partial charge is 0.352 e. The molecule has 2 aliphatic rings. The Bertz CT molecular complexity index is 447. The van der Waals surface area contributed by atoms with Crippen molar-refractivity contribution in [2.75, 3.05) is 6.54 Å². The van der Waals surface area contributed by atoms with Gasteiger partial charge in [-0.05, 0) is 36.7 Å². The van der Waals surface area contributed by atoms with Crippen LogP contribution in [0, 0.1) is 17.8 Å². The molecule has 2 aliphatic carbocycles. The number of amides is 1. The first-order chi connectivity index (χ1) is 9.79. The van der Waals surface area contributed by atoms with Gasteiger partial charge in [-0.25, -0.2) is 0 Å². The lowest BCUT2D eigenvalue weighted by Gasteiger charge is -2.17. The zero-order valence-corrected chi connectivity index (χ0v) is 11.9. The lowest BCUT2D eigenvalue weighted by atomic mass is 10.0. The third-order valence-electron chi connectivity index (χ3n) is 4.92. The van der Waals surface area contributed by atoms with E-state index in [-0.39, 0.29) is 17.9 Å². The van der Waals surface area contributed by atoms with E-state index in [1.54, 1.807) is 0 Å². The van der Waals surface area contributed by atoms with Gasteiger partial charge in [-0.3, -0.25) is 4.79 Å². The molecule has 3 N–H and O–H groups in total. The summed E-state index contributed by atoms with van der Waals surface area (Å²) in [5, 5.41) is 3.17. The van der Waals surface area contributed by atoms with Gasteiger partial charge >= 0.3 is 0 Å². The van der Waals surface area contributed by atoms with Crippen molar-refractivity contribution in [2.45, 2.75) is 38.1 Å². The molecule has 0 bridgehead atoms. The molecule has 3 nitrogen and oxygen atoms in total. The maximum Gasteiger partial charge on any atom is 0.223 e. The second kappa shape index (κ2) is 5.96. The van der Waals surface area contributed by atoms with E-state index < -0.39 is 0 Å². The topological polar surface area (TPSA) is 55.1 Å². The molecule has 0 radical (unpaired) electrons. The highest BCUT2D eigenvalue weighted by atomic mass is 16.2. The fourth-order valence-corrected chi connectivity index (χ4v) is 3.77. The number of hydrogen-bond donors (Lipinski definition) is 2. The van der Waals surface area contributed by atoms with Crippen LogP contribution in [0.2, 0.25) is 0 Å². The van der Waals surface area contributed by atoms with Crippen LogP contribution in [0.15, 0.2) is 30.3 Å². The summed E-state index contributed by atoms with van der Waals surface area (Å²) in [6.45, 7) is 0.503. The van der Waals surface area contributed by atoms with Crippen LogP contribution < -0.4 is 11.1 Å². The number of nitrogens with two attached hydrogens (primary N) is 1. The third kappa shape index (κ3) is 2.88. The predicted molar refractivity (Wildman–Crippen MR) is 80.1 cm³/mol. The maximum atomic E-state index is 12.4. The fourth-order valence-electron chi connectivity index (χ4n) is 3.77. The van der Waals surface area contributed by atoms with E-state index in [0.717, 1.165) is 6.42 Å². The molecule has 2 fully saturated rings. The van der Waals surface area contributed by atoms with Crippen molar-refractivity contribution in [2.24, 2.45) is 23.5 Å². The van der Waals surface area contributed by atoms with E-state index in [2.05, 4.69) is 17.4 Å². The van der Waals surface area contributed by atoms with Crippen molar-refractivity contribution >= 4 is 5.91 Å². The summed E-state index contributed by atoms with van der Waals surface area (Å²) in [5.74, 6) is 1.86. The minimum absolute atomic E-state index is 0.0625. The number of carbonyl (C=O) groups excluding carboxylic acids is 1. The van der Waals surface area contributed by atoms with Gasteiger partial charge in [0.1, 0.15) is 0 Å². The molecule has 0 saturated heterocycles. The Morgan fingerprint density at radius 3 is 2.45 bits per heavy atom. The van der Waals surface area contributed by atoms with E-state index >= 15 is 0 Å². The van der Waals surface area contributed by atoms with Crippen molar-refractivity contribution in [3.63, 3.8) is 0 Å². The lowest BCUT2D eigenvalue weighted by Crippen LogP contribution is -2.42. The van der Waals surface area contributed by atoms with Crippen LogP contribution in [0.5, 0.6) is 0 Å². The van der Waals surface area contributed by atoms with Crippen LogP contribution in [-0.2, 0) is 11.2 Å². The average molecular weight is 272 g/mol. The molecule has 0 aliphatic heterocycles. The Labute approximate surface area is 120 Å². The van der Waals surface area contributed by atoms with Crippen molar-refractivity contribution in [3.8, 4) is 0 Å². The van der Waals surface area contributed by atoms with E-state index in [1.807, 2.05) is 18.2 Å². The Morgan fingerprint density at radius 1 is 1.20 bits per heavy atom. The van der Waals surface area contributed by atoms with Crippen LogP contribution in [0.1, 0.15) is 31.2 Å². The average Bonchev–Trinajstić information content (AvgIpc) is 3.22. The first-order valence-corrected chi connectivity index (χ1v) is 7.84. The van der Waals surface area contributed by atoms with Crippen molar-refractivity contribution in [3.05, 3.63) is 35.9 Å². The van der Waals surface area contributed by atoms with Gasteiger partial charge in [0, 0.05) is 18.5 Å². The van der Waals surface area contributed by atoms with Gasteiger partial charge in [0.2, 0.25) is 5.91 Å². The highest BCUT2D eigenvalue weighted by Crippen LogP contribution is 2.55. The molecular weight excluding hydrogens is 248 g/mol. The Morgan fingerprint density at radius 2 is 1.85 bits per heavy atom. The van der Waals surface area contributed by atoms with Crippen LogP contribution >= 0.6 is 0 Å². The molecule has 3 rings (SSSR count). The van der Waals surface area contributed by atoms with Crippen LogP contribution in [0.3, 0.4) is 0 Å². The second-order valence-corrected chi connectivity index (χ2v) is 6.27. The molecule has 0 aromatic heterocycles. The van der Waals surface area contributed by atoms with Gasteiger partial charge in [-0.1, -0.05) is 43.2 Å². The molecule has 2 saturated carbocycles. The van der Waals surface area contributed by atoms with Gasteiger partial charge in [0.15, 0.2) is 0 Å². The molecule has 0 heterocycles. The monoisotopic (exact) mass is 272 g/mol. The molecule has 1 aromatic rings. The number of nitrogens with one attached hydrogen (secondary N) is 1. The van der Waals surface area contributed by atoms with Crippen LogP contribution in [-0.4, -0.2) is 18.5 Å². The molecule has 3 unspecified atom stereocenters. The first-order valence-electron chi connectivity index (χ1n) is 7.84. The summed E-state index contributed by atoms with van der Waals surface area (Å²) in [6.07, 6.45) is 5.92. The zero-order valence-electron chi connectivity index (χ0n) is 11.9. The minimum Gasteiger partial charge on any atom is -0.352 e. The molecule has 20 heavy (non-hydrogen) atoms. The third-order valence-corrected chi connectivity index (χ3v) is 4.92. The highest BCUT2D eigenvalue weighted by Gasteiger charge is 2.54. The van der Waals surface area contributed by atoms with Crippen molar-refractivity contribution in [1.29, 1.82) is 0 Å². The Balaban J connectivity index is 1.54. The van der Waals surface area contributed by atoms with E-state index in [9.17, 15) is 4.79 Å². The molecule has 3 atom stereocenters. The number of benzene rings is 1. The number of hydrogen-bond acceptors (Lipinski definition) is 2. The minimum atomic E-state index is 0.0625. The van der Waals surface area contributed by atoms with Gasteiger partial charge < -0.3 is 11.1 Å². The molecule has 1 aromatic carbocycles. The number of rotatable bonds is 5. The van der Waals surface area contributed by atoms with Gasteiger partial charge in [-0.2, -0.15) is 0 Å². The first kappa shape index (κ1) is 13.6. The molecule has 1 amide bonds. The summed E-state index contributed by atoms with van der Waals surface area (Å²) in [6, 6.07) is 10.3. The summed E-state index contributed by atoms with van der Waals surface area (Å²) in [4.78, 5) is 12.4. The smallest absolute Gasteiger partial charge is 0.223 e. The van der Waals surface area contributed by atoms with E-state index in [1.165, 1.54) is 31.2 Å². The SMILES string of the molecule is NCC(Cc1ccccc1)NC(=O)C1C2CCCCC21. The number of fused-ring (bicyclic) bond motifs is 1. The second-order valence-electron chi connectivity index (χ2n) is 6.27. The zero-order chi connectivity index (χ0) is 13.9. The summed E-state index contributed by atoms with van der Waals surface area (Å²) in [5.41, 5.74) is 7.05. The highest BCUT2D eigenvalue weighted by molar-refractivity contribution is 5.82. The molecule has 3 heteroatoms. The summed E-state index contributed by atoms with van der Waals surface area (Å²) >= 11 is 0. The molecular formula is C17H24N2O. The fraction of sp³-hybridized carbons (Fsp3) is 0.588. The van der Waals surface area contributed by atoms with Gasteiger partial charge in [-0.15, -0.1) is 0 Å². The van der Waals surface area contributed by atoms with Crippen molar-refractivity contribution in [1.82, 2.24) is 5.32 Å². The molecule has 0 spiro atoms. The summed E-state index contributed by atoms with van der Waals surface area (Å²) in [7, 11) is 0. The maximum absolute atomic E-state index is 12.4. The van der Waals surface area contributed by atoms with E-state index in [4.69, 9.17) is 5.73 Å².